The van der Waals surface area contributed by atoms with Gasteiger partial charge in [-0.1, -0.05) is 31.2 Å². The number of hydrogen-bond acceptors (Lipinski definition) is 2. The van der Waals surface area contributed by atoms with E-state index in [2.05, 4.69) is 13.0 Å². The monoisotopic (exact) mass is 179 g/mol. The van der Waals surface area contributed by atoms with Crippen molar-refractivity contribution < 1.29 is 5.11 Å². The second-order valence-electron chi connectivity index (χ2n) is 3.45. The summed E-state index contributed by atoms with van der Waals surface area (Å²) < 4.78 is 0. The number of aliphatic hydroxyl groups excluding tert-OH is 1. The third-order valence-corrected chi connectivity index (χ3v) is 2.50. The topological polar surface area (TPSA) is 46.2 Å². The van der Waals surface area contributed by atoms with Gasteiger partial charge in [-0.25, -0.2) is 0 Å². The van der Waals surface area contributed by atoms with Gasteiger partial charge in [0.15, 0.2) is 0 Å². The molecule has 0 fully saturated rings. The molecule has 0 spiro atoms. The molecule has 2 heteroatoms. The Morgan fingerprint density at radius 3 is 2.54 bits per heavy atom. The smallest absolute Gasteiger partial charge is 0.0728 e. The van der Waals surface area contributed by atoms with Crippen molar-refractivity contribution in [1.29, 1.82) is 0 Å². The number of hydrogen-bond donors (Lipinski definition) is 2. The minimum atomic E-state index is -0.443. The first kappa shape index (κ1) is 10.2. The summed E-state index contributed by atoms with van der Waals surface area (Å²) in [4.78, 5) is 0. The minimum Gasteiger partial charge on any atom is -0.391 e. The van der Waals surface area contributed by atoms with Gasteiger partial charge in [0, 0.05) is 12.5 Å². The summed E-state index contributed by atoms with van der Waals surface area (Å²) in [6, 6.07) is 8.08. The lowest BCUT2D eigenvalue weighted by atomic mass is 9.92. The van der Waals surface area contributed by atoms with Crippen LogP contribution in [0.5, 0.6) is 0 Å². The van der Waals surface area contributed by atoms with Crippen LogP contribution in [0.1, 0.15) is 24.0 Å². The maximum atomic E-state index is 9.58. The number of aryl methyl sites for hydroxylation is 1. The van der Waals surface area contributed by atoms with Gasteiger partial charge >= 0.3 is 0 Å². The molecular weight excluding hydrogens is 162 g/mol. The third kappa shape index (κ3) is 2.29. The third-order valence-electron chi connectivity index (χ3n) is 2.50. The van der Waals surface area contributed by atoms with E-state index in [1.807, 2.05) is 25.1 Å². The number of nitrogens with two attached hydrogens (primary N) is 1. The largest absolute Gasteiger partial charge is 0.391 e. The molecule has 0 bridgehead atoms. The van der Waals surface area contributed by atoms with Crippen LogP contribution in [0.3, 0.4) is 0 Å². The predicted octanol–water partition coefficient (Wildman–Crippen LogP) is 1.42. The van der Waals surface area contributed by atoms with E-state index in [-0.39, 0.29) is 5.92 Å². The Balaban J connectivity index is 2.88. The second kappa shape index (κ2) is 4.40. The highest BCUT2D eigenvalue weighted by molar-refractivity contribution is 5.29. The van der Waals surface area contributed by atoms with Gasteiger partial charge in [0.25, 0.3) is 0 Å². The van der Waals surface area contributed by atoms with Crippen molar-refractivity contribution in [3.05, 3.63) is 35.4 Å². The highest BCUT2D eigenvalue weighted by atomic mass is 16.3. The summed E-state index contributed by atoms with van der Waals surface area (Å²) in [6.45, 7) is 4.37. The normalized spacial score (nSPS) is 15.4. The zero-order valence-electron chi connectivity index (χ0n) is 8.20. The summed E-state index contributed by atoms with van der Waals surface area (Å²) >= 11 is 0. The van der Waals surface area contributed by atoms with Gasteiger partial charge in [-0.2, -0.15) is 0 Å². The molecule has 0 radical (unpaired) electrons. The maximum absolute atomic E-state index is 9.58. The zero-order chi connectivity index (χ0) is 9.84. The average molecular weight is 179 g/mol. The van der Waals surface area contributed by atoms with Crippen LogP contribution in [0.25, 0.3) is 0 Å². The Morgan fingerprint density at radius 1 is 1.38 bits per heavy atom. The highest BCUT2D eigenvalue weighted by Gasteiger charge is 2.15. The fourth-order valence-corrected chi connectivity index (χ4v) is 1.51. The van der Waals surface area contributed by atoms with Crippen LogP contribution in [-0.2, 0) is 0 Å². The van der Waals surface area contributed by atoms with Crippen molar-refractivity contribution in [1.82, 2.24) is 0 Å². The molecule has 2 nitrogen and oxygen atoms in total. The summed E-state index contributed by atoms with van der Waals surface area (Å²) in [6.07, 6.45) is -0.443. The van der Waals surface area contributed by atoms with Gasteiger partial charge in [0.05, 0.1) is 6.10 Å². The van der Waals surface area contributed by atoms with Crippen LogP contribution >= 0.6 is 0 Å². The SMILES string of the molecule is Cc1ccccc1C(C)C(O)CN. The fraction of sp³-hybridized carbons (Fsp3) is 0.455. The van der Waals surface area contributed by atoms with Crippen LogP contribution in [-0.4, -0.2) is 17.8 Å². The molecule has 2 unspecified atom stereocenters. The van der Waals surface area contributed by atoms with Gasteiger partial charge in [-0.15, -0.1) is 0 Å². The standard InChI is InChI=1S/C11H17NO/c1-8-5-3-4-6-10(8)9(2)11(13)7-12/h3-6,9,11,13H,7,12H2,1-2H3. The van der Waals surface area contributed by atoms with Gasteiger partial charge in [0.1, 0.15) is 0 Å². The number of rotatable bonds is 3. The van der Waals surface area contributed by atoms with E-state index in [1.165, 1.54) is 11.1 Å². The summed E-state index contributed by atoms with van der Waals surface area (Å²) in [5.41, 5.74) is 7.80. The lowest BCUT2D eigenvalue weighted by Crippen LogP contribution is -2.25. The molecule has 0 heterocycles. The molecule has 1 aromatic rings. The fourth-order valence-electron chi connectivity index (χ4n) is 1.51. The van der Waals surface area contributed by atoms with Crippen molar-refractivity contribution in [3.63, 3.8) is 0 Å². The Morgan fingerprint density at radius 2 is 2.00 bits per heavy atom. The van der Waals surface area contributed by atoms with E-state index in [1.54, 1.807) is 0 Å². The molecule has 0 aliphatic heterocycles. The van der Waals surface area contributed by atoms with Crippen molar-refractivity contribution >= 4 is 0 Å². The Labute approximate surface area is 79.4 Å². The minimum absolute atomic E-state index is 0.117. The first-order chi connectivity index (χ1) is 6.16. The van der Waals surface area contributed by atoms with E-state index in [4.69, 9.17) is 5.73 Å². The molecule has 0 amide bonds. The molecular formula is C11H17NO. The van der Waals surface area contributed by atoms with Gasteiger partial charge in [0.2, 0.25) is 0 Å². The molecule has 13 heavy (non-hydrogen) atoms. The maximum Gasteiger partial charge on any atom is 0.0728 e. The van der Waals surface area contributed by atoms with E-state index in [0.29, 0.717) is 6.54 Å². The zero-order valence-corrected chi connectivity index (χ0v) is 8.20. The highest BCUT2D eigenvalue weighted by Crippen LogP contribution is 2.21. The molecule has 0 aromatic heterocycles. The molecule has 2 atom stereocenters. The molecule has 0 aliphatic rings. The Kier molecular flexibility index (Phi) is 3.46. The van der Waals surface area contributed by atoms with E-state index < -0.39 is 6.10 Å². The van der Waals surface area contributed by atoms with Crippen LogP contribution in [0.2, 0.25) is 0 Å². The first-order valence-electron chi connectivity index (χ1n) is 4.60. The lowest BCUT2D eigenvalue weighted by molar-refractivity contribution is 0.157. The van der Waals surface area contributed by atoms with E-state index >= 15 is 0 Å². The molecule has 0 saturated heterocycles. The van der Waals surface area contributed by atoms with E-state index in [9.17, 15) is 5.11 Å². The number of aliphatic hydroxyl groups is 1. The Hall–Kier alpha value is -0.860. The quantitative estimate of drug-likeness (QED) is 0.737. The van der Waals surface area contributed by atoms with Crippen molar-refractivity contribution in [2.24, 2.45) is 5.73 Å². The van der Waals surface area contributed by atoms with Crippen LogP contribution in [0.15, 0.2) is 24.3 Å². The van der Waals surface area contributed by atoms with Crippen LogP contribution in [0.4, 0.5) is 0 Å². The Bertz CT molecular complexity index is 273. The molecule has 72 valence electrons. The summed E-state index contributed by atoms with van der Waals surface area (Å²) in [5, 5.41) is 9.58. The van der Waals surface area contributed by atoms with Crippen LogP contribution in [0, 0.1) is 6.92 Å². The molecule has 0 saturated carbocycles. The molecule has 3 N–H and O–H groups in total. The number of benzene rings is 1. The van der Waals surface area contributed by atoms with Crippen molar-refractivity contribution in [2.45, 2.75) is 25.9 Å². The van der Waals surface area contributed by atoms with Gasteiger partial charge < -0.3 is 10.8 Å². The summed E-state index contributed by atoms with van der Waals surface area (Å²) in [7, 11) is 0. The van der Waals surface area contributed by atoms with Crippen molar-refractivity contribution in [3.8, 4) is 0 Å². The second-order valence-corrected chi connectivity index (χ2v) is 3.45. The van der Waals surface area contributed by atoms with E-state index in [0.717, 1.165) is 0 Å². The molecule has 1 rings (SSSR count). The van der Waals surface area contributed by atoms with Gasteiger partial charge in [-0.05, 0) is 18.1 Å². The first-order valence-corrected chi connectivity index (χ1v) is 4.60. The van der Waals surface area contributed by atoms with Crippen molar-refractivity contribution in [2.75, 3.05) is 6.54 Å². The lowest BCUT2D eigenvalue weighted by Gasteiger charge is -2.19. The average Bonchev–Trinajstić information content (AvgIpc) is 2.16. The van der Waals surface area contributed by atoms with Gasteiger partial charge in [-0.3, -0.25) is 0 Å². The predicted molar refractivity (Wildman–Crippen MR) is 54.7 cm³/mol. The van der Waals surface area contributed by atoms with Crippen LogP contribution < -0.4 is 5.73 Å². The molecule has 1 aromatic carbocycles. The summed E-state index contributed by atoms with van der Waals surface area (Å²) in [5.74, 6) is 0.117. The molecule has 0 aliphatic carbocycles.